The van der Waals surface area contributed by atoms with Gasteiger partial charge in [-0.2, -0.15) is 5.10 Å². The summed E-state index contributed by atoms with van der Waals surface area (Å²) < 4.78 is 5.78. The quantitative estimate of drug-likeness (QED) is 0.582. The van der Waals surface area contributed by atoms with Crippen molar-refractivity contribution in [3.05, 3.63) is 85.8 Å². The van der Waals surface area contributed by atoms with Crippen LogP contribution in [-0.4, -0.2) is 21.3 Å². The van der Waals surface area contributed by atoms with Gasteiger partial charge in [-0.3, -0.25) is 5.10 Å². The Morgan fingerprint density at radius 1 is 1.18 bits per heavy atom. The van der Waals surface area contributed by atoms with E-state index in [-0.39, 0.29) is 6.10 Å². The van der Waals surface area contributed by atoms with E-state index in [0.717, 1.165) is 29.8 Å². The van der Waals surface area contributed by atoms with Crippen LogP contribution in [-0.2, 0) is 4.74 Å². The zero-order valence-electron chi connectivity index (χ0n) is 12.7. The molecular formula is C18H21N3O. The second-order valence-electron chi connectivity index (χ2n) is 5.22. The van der Waals surface area contributed by atoms with Crippen molar-refractivity contribution in [2.75, 3.05) is 0 Å². The summed E-state index contributed by atoms with van der Waals surface area (Å²) in [5, 5.41) is 6.76. The Kier molecular flexibility index (Phi) is 5.31. The smallest absolute Gasteiger partial charge is 0.137 e. The summed E-state index contributed by atoms with van der Waals surface area (Å²) in [6.07, 6.45) is 12.6. The molecule has 114 valence electrons. The van der Waals surface area contributed by atoms with E-state index >= 15 is 0 Å². The highest BCUT2D eigenvalue weighted by Gasteiger charge is 2.33. The van der Waals surface area contributed by atoms with E-state index < -0.39 is 0 Å². The molecule has 1 N–H and O–H groups in total. The first-order valence-corrected chi connectivity index (χ1v) is 7.16. The van der Waals surface area contributed by atoms with Crippen molar-refractivity contribution in [1.29, 1.82) is 0 Å². The van der Waals surface area contributed by atoms with Gasteiger partial charge in [0.1, 0.15) is 24.0 Å². The lowest BCUT2D eigenvalue weighted by Crippen LogP contribution is -2.30. The van der Waals surface area contributed by atoms with Gasteiger partial charge < -0.3 is 4.74 Å². The predicted octanol–water partition coefficient (Wildman–Crippen LogP) is 3.99. The van der Waals surface area contributed by atoms with Crippen LogP contribution < -0.4 is 0 Å². The van der Waals surface area contributed by atoms with E-state index in [1.165, 1.54) is 6.33 Å². The first-order valence-electron chi connectivity index (χ1n) is 7.16. The average molecular weight is 295 g/mol. The Bertz CT molecular complexity index is 617. The first-order chi connectivity index (χ1) is 10.6. The molecule has 0 atom stereocenters. The zero-order valence-corrected chi connectivity index (χ0v) is 12.7. The molecule has 0 aromatic carbocycles. The summed E-state index contributed by atoms with van der Waals surface area (Å²) in [4.78, 5) is 4.16. The predicted molar refractivity (Wildman–Crippen MR) is 89.1 cm³/mol. The lowest BCUT2D eigenvalue weighted by atomic mass is 9.82. The highest BCUT2D eigenvalue weighted by Crippen LogP contribution is 2.37. The SMILES string of the molecule is C=C/C=C\C(=C)C(=C)/C=C\C(=C)OC1CC(c2ncn[nH]2)C1. The number of H-pyrrole nitrogens is 1. The summed E-state index contributed by atoms with van der Waals surface area (Å²) in [5.74, 6) is 1.96. The lowest BCUT2D eigenvalue weighted by Gasteiger charge is -2.33. The lowest BCUT2D eigenvalue weighted by molar-refractivity contribution is 0.0409. The molecule has 4 nitrogen and oxygen atoms in total. The van der Waals surface area contributed by atoms with Gasteiger partial charge in [0.15, 0.2) is 0 Å². The third-order valence-corrected chi connectivity index (χ3v) is 3.55. The second kappa shape index (κ2) is 7.41. The Morgan fingerprint density at radius 2 is 1.91 bits per heavy atom. The minimum atomic E-state index is 0.185. The third-order valence-electron chi connectivity index (χ3n) is 3.55. The Labute approximate surface area is 131 Å². The molecule has 1 heterocycles. The number of nitrogens with one attached hydrogen (secondary N) is 1. The largest absolute Gasteiger partial charge is 0.491 e. The highest BCUT2D eigenvalue weighted by molar-refractivity contribution is 5.44. The van der Waals surface area contributed by atoms with E-state index in [2.05, 4.69) is 41.5 Å². The van der Waals surface area contributed by atoms with Crippen LogP contribution in [0.25, 0.3) is 0 Å². The summed E-state index contributed by atoms with van der Waals surface area (Å²) in [5.41, 5.74) is 1.65. The van der Waals surface area contributed by atoms with E-state index in [4.69, 9.17) is 4.74 Å². The molecule has 22 heavy (non-hydrogen) atoms. The van der Waals surface area contributed by atoms with Gasteiger partial charge in [-0.25, -0.2) is 4.98 Å². The maximum Gasteiger partial charge on any atom is 0.137 e. The van der Waals surface area contributed by atoms with E-state index in [1.54, 1.807) is 6.08 Å². The summed E-state index contributed by atoms with van der Waals surface area (Å²) in [6, 6.07) is 0. The van der Waals surface area contributed by atoms with E-state index in [1.807, 2.05) is 24.3 Å². The molecule has 2 rings (SSSR count). The van der Waals surface area contributed by atoms with Gasteiger partial charge in [0.25, 0.3) is 0 Å². The zero-order chi connectivity index (χ0) is 15.9. The third kappa shape index (κ3) is 4.19. The summed E-state index contributed by atoms with van der Waals surface area (Å²) in [7, 11) is 0. The van der Waals surface area contributed by atoms with Crippen LogP contribution in [0.3, 0.4) is 0 Å². The molecule has 1 aliphatic carbocycles. The van der Waals surface area contributed by atoms with Crippen LogP contribution in [0.2, 0.25) is 0 Å². The fourth-order valence-electron chi connectivity index (χ4n) is 2.14. The fraction of sp³-hybridized carbons (Fsp3) is 0.222. The minimum Gasteiger partial charge on any atom is -0.491 e. The number of hydrogen-bond donors (Lipinski definition) is 1. The molecule has 1 aromatic heterocycles. The van der Waals surface area contributed by atoms with Crippen molar-refractivity contribution in [2.45, 2.75) is 24.9 Å². The molecule has 1 saturated carbocycles. The minimum absolute atomic E-state index is 0.185. The molecule has 0 bridgehead atoms. The number of allylic oxidation sites excluding steroid dienone is 7. The number of rotatable bonds is 8. The molecule has 1 aromatic rings. The second-order valence-corrected chi connectivity index (χ2v) is 5.22. The van der Waals surface area contributed by atoms with Crippen molar-refractivity contribution in [2.24, 2.45) is 0 Å². The van der Waals surface area contributed by atoms with Gasteiger partial charge in [-0.05, 0) is 30.1 Å². The monoisotopic (exact) mass is 295 g/mol. The Balaban J connectivity index is 1.73. The van der Waals surface area contributed by atoms with Gasteiger partial charge in [0.05, 0.1) is 0 Å². The molecule has 0 unspecified atom stereocenters. The number of nitrogens with zero attached hydrogens (tertiary/aromatic N) is 2. The van der Waals surface area contributed by atoms with Crippen LogP contribution in [0.15, 0.2) is 79.9 Å². The molecule has 1 aliphatic rings. The van der Waals surface area contributed by atoms with Crippen molar-refractivity contribution >= 4 is 0 Å². The molecule has 4 heteroatoms. The fourth-order valence-corrected chi connectivity index (χ4v) is 2.14. The maximum absolute atomic E-state index is 5.78. The topological polar surface area (TPSA) is 50.8 Å². The Hall–Kier alpha value is -2.62. The summed E-state index contributed by atoms with van der Waals surface area (Å²) in [6.45, 7) is 15.4. The van der Waals surface area contributed by atoms with Crippen molar-refractivity contribution < 1.29 is 4.74 Å². The molecule has 0 spiro atoms. The maximum atomic E-state index is 5.78. The number of ether oxygens (including phenoxy) is 1. The van der Waals surface area contributed by atoms with E-state index in [9.17, 15) is 0 Å². The molecule has 1 fully saturated rings. The van der Waals surface area contributed by atoms with Gasteiger partial charge in [-0.1, -0.05) is 50.6 Å². The van der Waals surface area contributed by atoms with Gasteiger partial charge in [-0.15, -0.1) is 0 Å². The van der Waals surface area contributed by atoms with Gasteiger partial charge in [0, 0.05) is 5.92 Å². The molecule has 0 radical (unpaired) electrons. The number of hydrogen-bond acceptors (Lipinski definition) is 3. The van der Waals surface area contributed by atoms with Gasteiger partial charge in [0.2, 0.25) is 0 Å². The standard InChI is InChI=1S/C18H21N3O/c1-5-6-7-13(2)14(3)8-9-15(4)22-17-10-16(11-17)18-19-12-20-21-18/h5-9,12,16-17H,1-4,10-11H2,(H,19,20,21)/b7-6-,9-8-. The normalized spacial score (nSPS) is 20.7. The molecular weight excluding hydrogens is 274 g/mol. The first kappa shape index (κ1) is 15.8. The molecule has 0 amide bonds. The average Bonchev–Trinajstić information content (AvgIpc) is 2.99. The van der Waals surface area contributed by atoms with Crippen LogP contribution in [0.4, 0.5) is 0 Å². The van der Waals surface area contributed by atoms with Crippen molar-refractivity contribution in [3.8, 4) is 0 Å². The van der Waals surface area contributed by atoms with Crippen LogP contribution in [0.5, 0.6) is 0 Å². The summed E-state index contributed by atoms with van der Waals surface area (Å²) >= 11 is 0. The van der Waals surface area contributed by atoms with Crippen LogP contribution in [0.1, 0.15) is 24.6 Å². The number of aromatic nitrogens is 3. The molecule has 0 saturated heterocycles. The van der Waals surface area contributed by atoms with Gasteiger partial charge >= 0.3 is 0 Å². The molecule has 0 aliphatic heterocycles. The van der Waals surface area contributed by atoms with E-state index in [0.29, 0.717) is 11.7 Å². The number of aromatic amines is 1. The van der Waals surface area contributed by atoms with Crippen molar-refractivity contribution in [1.82, 2.24) is 15.2 Å². The van der Waals surface area contributed by atoms with Crippen LogP contribution in [0, 0.1) is 0 Å². The highest BCUT2D eigenvalue weighted by atomic mass is 16.5. The Morgan fingerprint density at radius 3 is 2.55 bits per heavy atom. The van der Waals surface area contributed by atoms with Crippen molar-refractivity contribution in [3.63, 3.8) is 0 Å². The van der Waals surface area contributed by atoms with Crippen LogP contribution >= 0.6 is 0 Å².